The smallest absolute Gasteiger partial charge is 0.407 e. The second-order valence-corrected chi connectivity index (χ2v) is 8.21. The van der Waals surface area contributed by atoms with Gasteiger partial charge in [0.05, 0.1) is 6.61 Å². The van der Waals surface area contributed by atoms with Crippen LogP contribution in [0.15, 0.2) is 72.8 Å². The van der Waals surface area contributed by atoms with E-state index in [9.17, 15) is 14.4 Å². The SMILES string of the molecule is O=C(NCCc1ccccc1C(=O)N[C@@H](CO)C(=O)O)OCC1c2ccccc2-c2ccccc21. The average molecular weight is 475 g/mol. The Kier molecular flexibility index (Phi) is 7.42. The monoisotopic (exact) mass is 474 g/mol. The number of aliphatic hydroxyl groups is 1. The molecule has 0 spiro atoms. The van der Waals surface area contributed by atoms with Gasteiger partial charge in [-0.2, -0.15) is 0 Å². The molecule has 1 aliphatic rings. The van der Waals surface area contributed by atoms with E-state index in [1.807, 2.05) is 24.3 Å². The van der Waals surface area contributed by atoms with Crippen molar-refractivity contribution >= 4 is 18.0 Å². The summed E-state index contributed by atoms with van der Waals surface area (Å²) in [6.45, 7) is -0.285. The highest BCUT2D eigenvalue weighted by atomic mass is 16.5. The lowest BCUT2D eigenvalue weighted by Gasteiger charge is -2.15. The number of hydrogen-bond donors (Lipinski definition) is 4. The number of benzene rings is 3. The van der Waals surface area contributed by atoms with Gasteiger partial charge < -0.3 is 25.6 Å². The fourth-order valence-corrected chi connectivity index (χ4v) is 4.33. The van der Waals surface area contributed by atoms with Crippen molar-refractivity contribution in [1.29, 1.82) is 0 Å². The Morgan fingerprint density at radius 1 is 0.886 bits per heavy atom. The zero-order valence-electron chi connectivity index (χ0n) is 18.9. The quantitative estimate of drug-likeness (QED) is 0.378. The summed E-state index contributed by atoms with van der Waals surface area (Å²) >= 11 is 0. The van der Waals surface area contributed by atoms with Crippen molar-refractivity contribution < 1.29 is 29.3 Å². The van der Waals surface area contributed by atoms with Crippen LogP contribution in [0.1, 0.15) is 33.0 Å². The summed E-state index contributed by atoms with van der Waals surface area (Å²) in [5.74, 6) is -1.97. The number of carboxylic acid groups (broad SMARTS) is 1. The van der Waals surface area contributed by atoms with Crippen LogP contribution in [0.4, 0.5) is 4.79 Å². The molecule has 4 rings (SSSR count). The van der Waals surface area contributed by atoms with Gasteiger partial charge in [-0.25, -0.2) is 9.59 Å². The van der Waals surface area contributed by atoms with Crippen LogP contribution in [0.25, 0.3) is 11.1 Å². The summed E-state index contributed by atoms with van der Waals surface area (Å²) < 4.78 is 5.53. The largest absolute Gasteiger partial charge is 0.480 e. The van der Waals surface area contributed by atoms with Crippen molar-refractivity contribution in [2.75, 3.05) is 19.8 Å². The molecule has 8 nitrogen and oxygen atoms in total. The summed E-state index contributed by atoms with van der Waals surface area (Å²) in [5.41, 5.74) is 5.47. The Morgan fingerprint density at radius 2 is 1.49 bits per heavy atom. The first-order chi connectivity index (χ1) is 17.0. The second-order valence-electron chi connectivity index (χ2n) is 8.21. The van der Waals surface area contributed by atoms with Crippen LogP contribution in [-0.4, -0.2) is 54.0 Å². The van der Waals surface area contributed by atoms with Gasteiger partial charge in [0.15, 0.2) is 6.04 Å². The summed E-state index contributed by atoms with van der Waals surface area (Å²) in [4.78, 5) is 36.0. The molecule has 180 valence electrons. The number of aliphatic carboxylic acids is 1. The number of fused-ring (bicyclic) bond motifs is 3. The van der Waals surface area contributed by atoms with Crippen LogP contribution in [0, 0.1) is 0 Å². The lowest BCUT2D eigenvalue weighted by atomic mass is 9.98. The fraction of sp³-hybridized carbons (Fsp3) is 0.222. The molecule has 4 N–H and O–H groups in total. The third kappa shape index (κ3) is 5.33. The molecule has 35 heavy (non-hydrogen) atoms. The lowest BCUT2D eigenvalue weighted by molar-refractivity contribution is -0.140. The number of carbonyl (C=O) groups is 3. The molecule has 8 heteroatoms. The summed E-state index contributed by atoms with van der Waals surface area (Å²) in [6, 6.07) is 21.5. The highest BCUT2D eigenvalue weighted by Gasteiger charge is 2.29. The summed E-state index contributed by atoms with van der Waals surface area (Å²) in [7, 11) is 0. The van der Waals surface area contributed by atoms with Crippen molar-refractivity contribution in [2.45, 2.75) is 18.4 Å². The molecule has 0 unspecified atom stereocenters. The molecule has 0 heterocycles. The number of carbonyl (C=O) groups excluding carboxylic acids is 2. The van der Waals surface area contributed by atoms with E-state index in [4.69, 9.17) is 14.9 Å². The van der Waals surface area contributed by atoms with Gasteiger partial charge in [-0.1, -0.05) is 66.7 Å². The number of alkyl carbamates (subject to hydrolysis) is 1. The molecular weight excluding hydrogens is 448 g/mol. The fourth-order valence-electron chi connectivity index (χ4n) is 4.33. The van der Waals surface area contributed by atoms with Crippen molar-refractivity contribution in [2.24, 2.45) is 0 Å². The van der Waals surface area contributed by atoms with Gasteiger partial charge >= 0.3 is 12.1 Å². The number of carboxylic acids is 1. The molecule has 0 saturated carbocycles. The van der Waals surface area contributed by atoms with Gasteiger partial charge in [-0.05, 0) is 40.3 Å². The predicted molar refractivity (Wildman–Crippen MR) is 129 cm³/mol. The Hall–Kier alpha value is -4.17. The van der Waals surface area contributed by atoms with E-state index in [2.05, 4.69) is 34.9 Å². The molecule has 3 aromatic rings. The maximum Gasteiger partial charge on any atom is 0.407 e. The number of nitrogens with one attached hydrogen (secondary N) is 2. The van der Waals surface area contributed by atoms with Crippen molar-refractivity contribution in [3.63, 3.8) is 0 Å². The first kappa shape index (κ1) is 24.0. The number of ether oxygens (including phenoxy) is 1. The molecule has 0 radical (unpaired) electrons. The maximum atomic E-state index is 12.5. The Labute approximate surface area is 202 Å². The highest BCUT2D eigenvalue weighted by molar-refractivity contribution is 5.97. The van der Waals surface area contributed by atoms with E-state index in [1.54, 1.807) is 24.3 Å². The summed E-state index contributed by atoms with van der Waals surface area (Å²) in [6.07, 6.45) is -0.218. The third-order valence-corrected chi connectivity index (χ3v) is 6.06. The normalized spacial score (nSPS) is 12.8. The first-order valence-corrected chi connectivity index (χ1v) is 11.3. The number of amides is 2. The van der Waals surface area contributed by atoms with Gasteiger partial charge in [0.2, 0.25) is 0 Å². The van der Waals surface area contributed by atoms with E-state index >= 15 is 0 Å². The lowest BCUT2D eigenvalue weighted by Crippen LogP contribution is -2.43. The Bertz CT molecular complexity index is 1200. The summed E-state index contributed by atoms with van der Waals surface area (Å²) in [5, 5.41) is 23.2. The minimum absolute atomic E-state index is 0.0359. The molecule has 3 aromatic carbocycles. The highest BCUT2D eigenvalue weighted by Crippen LogP contribution is 2.44. The van der Waals surface area contributed by atoms with E-state index in [0.29, 0.717) is 12.0 Å². The van der Waals surface area contributed by atoms with Crippen molar-refractivity contribution in [3.8, 4) is 11.1 Å². The molecule has 0 fully saturated rings. The molecule has 1 atom stereocenters. The second kappa shape index (κ2) is 10.8. The topological polar surface area (TPSA) is 125 Å². The molecule has 0 aromatic heterocycles. The van der Waals surface area contributed by atoms with Crippen molar-refractivity contribution in [1.82, 2.24) is 10.6 Å². The number of rotatable bonds is 9. The van der Waals surface area contributed by atoms with Crippen LogP contribution < -0.4 is 10.6 Å². The number of aliphatic hydroxyl groups excluding tert-OH is 1. The van der Waals surface area contributed by atoms with Gasteiger partial charge in [-0.15, -0.1) is 0 Å². The van der Waals surface area contributed by atoms with E-state index in [1.165, 1.54) is 0 Å². The Morgan fingerprint density at radius 3 is 2.11 bits per heavy atom. The van der Waals surface area contributed by atoms with Gasteiger partial charge in [-0.3, -0.25) is 4.79 Å². The van der Waals surface area contributed by atoms with E-state index < -0.39 is 30.6 Å². The first-order valence-electron chi connectivity index (χ1n) is 11.3. The van der Waals surface area contributed by atoms with Crippen molar-refractivity contribution in [3.05, 3.63) is 95.1 Å². The van der Waals surface area contributed by atoms with Gasteiger partial charge in [0.1, 0.15) is 6.61 Å². The zero-order chi connectivity index (χ0) is 24.8. The van der Waals surface area contributed by atoms with Crippen LogP contribution >= 0.6 is 0 Å². The third-order valence-electron chi connectivity index (χ3n) is 6.06. The minimum atomic E-state index is -1.39. The average Bonchev–Trinajstić information content (AvgIpc) is 3.19. The van der Waals surface area contributed by atoms with Crippen LogP contribution in [0.3, 0.4) is 0 Å². The molecule has 0 aliphatic heterocycles. The molecule has 2 amide bonds. The van der Waals surface area contributed by atoms with E-state index in [0.717, 1.165) is 22.3 Å². The van der Waals surface area contributed by atoms with Crippen LogP contribution in [-0.2, 0) is 16.0 Å². The minimum Gasteiger partial charge on any atom is -0.480 e. The zero-order valence-corrected chi connectivity index (χ0v) is 18.9. The van der Waals surface area contributed by atoms with Crippen LogP contribution in [0.5, 0.6) is 0 Å². The van der Waals surface area contributed by atoms with Crippen LogP contribution in [0.2, 0.25) is 0 Å². The Balaban J connectivity index is 1.32. The van der Waals surface area contributed by atoms with E-state index in [-0.39, 0.29) is 24.6 Å². The molecular formula is C27H26N2O6. The molecule has 0 bridgehead atoms. The maximum absolute atomic E-state index is 12.5. The number of hydrogen-bond acceptors (Lipinski definition) is 5. The standard InChI is InChI=1S/C27H26N2O6/c30-15-24(26(32)33)29-25(31)18-8-2-1-7-17(18)13-14-28-27(34)35-16-23-21-11-5-3-9-19(21)20-10-4-6-12-22(20)23/h1-12,23-24,30H,13-16H2,(H,28,34)(H,29,31)(H,32,33)/t24-/m0/s1. The molecule has 0 saturated heterocycles. The van der Waals surface area contributed by atoms with Gasteiger partial charge in [0.25, 0.3) is 5.91 Å². The molecule has 1 aliphatic carbocycles. The predicted octanol–water partition coefficient (Wildman–Crippen LogP) is 2.94. The van der Waals surface area contributed by atoms with Gasteiger partial charge in [0, 0.05) is 18.0 Å².